The first-order valence-corrected chi connectivity index (χ1v) is 32.9. The zero-order valence-corrected chi connectivity index (χ0v) is 50.4. The van der Waals surface area contributed by atoms with Crippen molar-refractivity contribution >= 4 is 19.7 Å². The van der Waals surface area contributed by atoms with Gasteiger partial charge in [-0.05, 0) is 63.9 Å². The van der Waals surface area contributed by atoms with Gasteiger partial charge in [0.05, 0.1) is 33.8 Å². The molecule has 74 heavy (non-hydrogen) atoms. The minimum Gasteiger partial charge on any atom is -0.756 e. The lowest BCUT2D eigenvalue weighted by Crippen LogP contribution is -2.47. The fraction of sp³-hybridized carbons (Fsp3) is 0.844. The van der Waals surface area contributed by atoms with Crippen molar-refractivity contribution in [2.24, 2.45) is 0 Å². The maximum absolute atomic E-state index is 13.5. The molecule has 0 heterocycles. The molecule has 0 fully saturated rings. The molecule has 10 heteroatoms. The van der Waals surface area contributed by atoms with E-state index in [1.54, 1.807) is 0 Å². The summed E-state index contributed by atoms with van der Waals surface area (Å²) in [4.78, 5) is 40.0. The number of esters is 1. The minimum atomic E-state index is -4.70. The molecule has 0 aromatic carbocycles. The molecule has 0 aromatic rings. The van der Waals surface area contributed by atoms with Crippen molar-refractivity contribution in [1.82, 2.24) is 5.32 Å². The van der Waals surface area contributed by atoms with E-state index in [9.17, 15) is 19.0 Å². The maximum Gasteiger partial charge on any atom is 0.306 e. The number of carbonyl (C=O) groups excluding carboxylic acids is 2. The van der Waals surface area contributed by atoms with E-state index < -0.39 is 26.6 Å². The molecule has 0 spiro atoms. The first-order valence-electron chi connectivity index (χ1n) is 31.4. The monoisotopic (exact) mass is 1060 g/mol. The molecule has 0 bridgehead atoms. The van der Waals surface area contributed by atoms with Crippen molar-refractivity contribution in [2.75, 3.05) is 40.9 Å². The van der Waals surface area contributed by atoms with E-state index in [1.165, 1.54) is 173 Å². The smallest absolute Gasteiger partial charge is 0.306 e. The van der Waals surface area contributed by atoms with Crippen LogP contribution in [0.3, 0.4) is 0 Å². The lowest BCUT2D eigenvalue weighted by atomic mass is 10.0. The average molecular weight is 1060 g/mol. The Hall–Kier alpha value is -2.03. The highest BCUT2D eigenvalue weighted by atomic mass is 31.2. The summed E-state index contributed by atoms with van der Waals surface area (Å²) in [6, 6.07) is -0.897. The van der Waals surface area contributed by atoms with E-state index in [-0.39, 0.29) is 24.9 Å². The van der Waals surface area contributed by atoms with Crippen LogP contribution in [0.2, 0.25) is 0 Å². The van der Waals surface area contributed by atoms with Crippen LogP contribution >= 0.6 is 7.82 Å². The molecule has 0 aliphatic carbocycles. The molecule has 434 valence electrons. The number of likely N-dealkylation sites (N-methyl/N-ethyl adjacent to an activating group) is 1. The molecular formula is C64H121N2O7P. The normalized spacial score (nSPS) is 14.0. The SMILES string of the molecule is CC/C=C/C/C=C/C/C=C/CCCCCCC(=O)NC(COP(=O)([O-])OCC[N+](C)(C)C)C(/C=C\CCCCCCCCCCCCC)OC(=O)CCCCCCCCCCCCCCCCCCCCCCC. The van der Waals surface area contributed by atoms with Crippen molar-refractivity contribution in [2.45, 2.75) is 309 Å². The summed E-state index contributed by atoms with van der Waals surface area (Å²) in [6.45, 7) is 6.74. The number of hydrogen-bond acceptors (Lipinski definition) is 7. The topological polar surface area (TPSA) is 114 Å². The van der Waals surface area contributed by atoms with Gasteiger partial charge in [-0.3, -0.25) is 14.2 Å². The van der Waals surface area contributed by atoms with Gasteiger partial charge in [0.25, 0.3) is 7.82 Å². The van der Waals surface area contributed by atoms with Crippen molar-refractivity contribution in [1.29, 1.82) is 0 Å². The Bertz CT molecular complexity index is 1410. The van der Waals surface area contributed by atoms with E-state index in [0.29, 0.717) is 23.9 Å². The van der Waals surface area contributed by atoms with Crippen molar-refractivity contribution in [3.8, 4) is 0 Å². The second-order valence-corrected chi connectivity index (χ2v) is 23.9. The van der Waals surface area contributed by atoms with Gasteiger partial charge in [0.1, 0.15) is 19.3 Å². The first kappa shape index (κ1) is 72.0. The Kier molecular flexibility index (Phi) is 52.8. The zero-order chi connectivity index (χ0) is 54.3. The van der Waals surface area contributed by atoms with Crippen molar-refractivity contribution < 1.29 is 37.3 Å². The molecule has 1 N–H and O–H groups in total. The van der Waals surface area contributed by atoms with Crippen LogP contribution < -0.4 is 10.2 Å². The highest BCUT2D eigenvalue weighted by Gasteiger charge is 2.27. The predicted molar refractivity (Wildman–Crippen MR) is 316 cm³/mol. The van der Waals surface area contributed by atoms with Crippen LogP contribution in [0.1, 0.15) is 297 Å². The summed E-state index contributed by atoms with van der Waals surface area (Å²) in [5.74, 6) is -0.556. The molecule has 0 rings (SSSR count). The van der Waals surface area contributed by atoms with Gasteiger partial charge in [-0.25, -0.2) is 0 Å². The number of unbranched alkanes of at least 4 members (excludes halogenated alkanes) is 35. The largest absolute Gasteiger partial charge is 0.756 e. The fourth-order valence-electron chi connectivity index (χ4n) is 9.19. The van der Waals surface area contributed by atoms with Crippen LogP contribution in [0.4, 0.5) is 0 Å². The standard InChI is InChI=1S/C64H121N2O7P/c1-7-10-13-16-19-22-25-28-30-31-32-33-34-35-36-39-42-45-48-51-54-57-64(68)73-62(55-52-49-46-43-40-37-27-24-21-18-15-12-9-3)61(60-72-74(69,70)71-59-58-66(4,5)6)65-63(67)56-53-50-47-44-41-38-29-26-23-20-17-14-11-8-2/h11,14,20,23,29,38,52,55,61-62H,7-10,12-13,15-19,21-22,24-28,30-37,39-51,53-54,56-60H2,1-6H3,(H-,65,67,69,70)/b14-11+,23-20+,38-29+,55-52-. The zero-order valence-electron chi connectivity index (χ0n) is 49.6. The third-order valence-electron chi connectivity index (χ3n) is 14.0. The van der Waals surface area contributed by atoms with Gasteiger partial charge in [-0.15, -0.1) is 0 Å². The predicted octanol–water partition coefficient (Wildman–Crippen LogP) is 18.6. The molecule has 0 aromatic heterocycles. The van der Waals surface area contributed by atoms with E-state index in [2.05, 4.69) is 62.5 Å². The number of phosphoric acid groups is 1. The van der Waals surface area contributed by atoms with Gasteiger partial charge < -0.3 is 28.5 Å². The maximum atomic E-state index is 13.5. The molecule has 0 aliphatic rings. The molecule has 1 amide bonds. The number of amides is 1. The third-order valence-corrected chi connectivity index (χ3v) is 15.0. The van der Waals surface area contributed by atoms with E-state index in [4.69, 9.17) is 13.8 Å². The number of rotatable bonds is 57. The first-order chi connectivity index (χ1) is 35.9. The number of nitrogens with zero attached hydrogens (tertiary/aromatic N) is 1. The van der Waals surface area contributed by atoms with Gasteiger partial charge in [0.2, 0.25) is 5.91 Å². The summed E-state index contributed by atoms with van der Waals surface area (Å²) in [7, 11) is 1.18. The lowest BCUT2D eigenvalue weighted by Gasteiger charge is -2.30. The van der Waals surface area contributed by atoms with Gasteiger partial charge in [-0.1, -0.05) is 269 Å². The number of ether oxygens (including phenoxy) is 1. The van der Waals surface area contributed by atoms with Crippen LogP contribution in [-0.2, 0) is 27.9 Å². The highest BCUT2D eigenvalue weighted by molar-refractivity contribution is 7.45. The molecular weight excluding hydrogens is 940 g/mol. The van der Waals surface area contributed by atoms with Crippen LogP contribution in [0.5, 0.6) is 0 Å². The summed E-state index contributed by atoms with van der Waals surface area (Å²) < 4.78 is 30.3. The second kappa shape index (κ2) is 54.3. The molecule has 9 nitrogen and oxygen atoms in total. The number of quaternary nitrogens is 1. The van der Waals surface area contributed by atoms with Crippen LogP contribution in [0.15, 0.2) is 48.6 Å². The van der Waals surface area contributed by atoms with Gasteiger partial charge in [0.15, 0.2) is 0 Å². The Labute approximate surface area is 458 Å². The Balaban J connectivity index is 5.22. The number of nitrogens with one attached hydrogen (secondary N) is 1. The number of phosphoric ester groups is 1. The Morgan fingerprint density at radius 2 is 0.865 bits per heavy atom. The average Bonchev–Trinajstić information content (AvgIpc) is 3.36. The van der Waals surface area contributed by atoms with Gasteiger partial charge in [0, 0.05) is 12.8 Å². The van der Waals surface area contributed by atoms with Crippen molar-refractivity contribution in [3.05, 3.63) is 48.6 Å². The lowest BCUT2D eigenvalue weighted by molar-refractivity contribution is -0.870. The summed E-state index contributed by atoms with van der Waals surface area (Å²) in [5.41, 5.74) is 0. The fourth-order valence-corrected chi connectivity index (χ4v) is 9.91. The summed E-state index contributed by atoms with van der Waals surface area (Å²) in [5, 5.41) is 3.02. The van der Waals surface area contributed by atoms with Gasteiger partial charge >= 0.3 is 5.97 Å². The molecule has 3 atom stereocenters. The number of allylic oxidation sites excluding steroid dienone is 7. The number of hydrogen-bond donors (Lipinski definition) is 1. The van der Waals surface area contributed by atoms with Crippen LogP contribution in [0, 0.1) is 0 Å². The molecule has 0 saturated carbocycles. The highest BCUT2D eigenvalue weighted by Crippen LogP contribution is 2.38. The van der Waals surface area contributed by atoms with Crippen LogP contribution in [-0.4, -0.2) is 69.4 Å². The number of carbonyl (C=O) groups is 2. The van der Waals surface area contributed by atoms with E-state index in [0.717, 1.165) is 83.5 Å². The van der Waals surface area contributed by atoms with E-state index >= 15 is 0 Å². The molecule has 0 radical (unpaired) electrons. The summed E-state index contributed by atoms with van der Waals surface area (Å²) >= 11 is 0. The molecule has 3 unspecified atom stereocenters. The van der Waals surface area contributed by atoms with Crippen LogP contribution in [0.25, 0.3) is 0 Å². The van der Waals surface area contributed by atoms with E-state index in [1.807, 2.05) is 33.3 Å². The quantitative estimate of drug-likeness (QED) is 0.0212. The van der Waals surface area contributed by atoms with Crippen molar-refractivity contribution in [3.63, 3.8) is 0 Å². The Morgan fingerprint density at radius 3 is 1.30 bits per heavy atom. The Morgan fingerprint density at radius 1 is 0.486 bits per heavy atom. The second-order valence-electron chi connectivity index (χ2n) is 22.5. The molecule has 0 aliphatic heterocycles. The molecule has 0 saturated heterocycles. The summed E-state index contributed by atoms with van der Waals surface area (Å²) in [6.07, 6.45) is 66.6. The third kappa shape index (κ3) is 54.7. The minimum absolute atomic E-state index is 0.0259. The van der Waals surface area contributed by atoms with Gasteiger partial charge in [-0.2, -0.15) is 0 Å².